The van der Waals surface area contributed by atoms with E-state index in [2.05, 4.69) is 10.6 Å². The number of carbonyl (C=O) groups excluding carboxylic acids is 1. The van der Waals surface area contributed by atoms with E-state index in [4.69, 9.17) is 4.98 Å². The Morgan fingerprint density at radius 3 is 2.31 bits per heavy atom. The summed E-state index contributed by atoms with van der Waals surface area (Å²) in [5, 5.41) is 6.79. The zero-order valence-electron chi connectivity index (χ0n) is 20.5. The molecule has 0 bridgehead atoms. The van der Waals surface area contributed by atoms with Crippen LogP contribution < -0.4 is 10.6 Å². The van der Waals surface area contributed by atoms with Crippen molar-refractivity contribution in [2.45, 2.75) is 32.9 Å². The van der Waals surface area contributed by atoms with Crippen molar-refractivity contribution in [3.63, 3.8) is 0 Å². The standard InChI is InChI=1S/C29H28FN5O/c1-20-9-15-23(16-10-20)31-27-26(21-11-13-22(30)14-12-21)32-25-19-34(17-18-35(25)27)28(36)29(2,3)33-24-7-5-4-6-8-24/h4-18,31,33H,19H2,1-3H3. The predicted octanol–water partition coefficient (Wildman–Crippen LogP) is 6.40. The Bertz CT molecular complexity index is 1410. The highest BCUT2D eigenvalue weighted by Crippen LogP contribution is 2.34. The van der Waals surface area contributed by atoms with Crippen LogP contribution in [-0.4, -0.2) is 25.9 Å². The number of hydrogen-bond donors (Lipinski definition) is 2. The Balaban J connectivity index is 1.46. The van der Waals surface area contributed by atoms with E-state index < -0.39 is 5.54 Å². The van der Waals surface area contributed by atoms with Crippen LogP contribution in [0.3, 0.4) is 0 Å². The quantitative estimate of drug-likeness (QED) is 0.334. The fraction of sp³-hybridized carbons (Fsp3) is 0.172. The number of nitrogens with zero attached hydrogens (tertiary/aromatic N) is 3. The first-order valence-electron chi connectivity index (χ1n) is 11.8. The molecule has 1 aliphatic heterocycles. The zero-order valence-corrected chi connectivity index (χ0v) is 20.5. The van der Waals surface area contributed by atoms with Gasteiger partial charge in [-0.1, -0.05) is 35.9 Å². The number of fused-ring (bicyclic) bond motifs is 1. The summed E-state index contributed by atoms with van der Waals surface area (Å²) in [5.41, 5.74) is 3.59. The lowest BCUT2D eigenvalue weighted by molar-refractivity contribution is -0.133. The zero-order chi connectivity index (χ0) is 25.3. The van der Waals surface area contributed by atoms with Crippen LogP contribution in [0.15, 0.2) is 85.1 Å². The van der Waals surface area contributed by atoms with Gasteiger partial charge in [-0.3, -0.25) is 9.36 Å². The fourth-order valence-electron chi connectivity index (χ4n) is 4.24. The molecule has 0 atom stereocenters. The number of carbonyl (C=O) groups is 1. The summed E-state index contributed by atoms with van der Waals surface area (Å²) in [6.45, 7) is 6.08. The van der Waals surface area contributed by atoms with Gasteiger partial charge in [-0.25, -0.2) is 9.37 Å². The Morgan fingerprint density at radius 1 is 0.917 bits per heavy atom. The lowest BCUT2D eigenvalue weighted by Gasteiger charge is -2.32. The molecule has 0 saturated carbocycles. The molecule has 2 N–H and O–H groups in total. The molecule has 1 aromatic heterocycles. The van der Waals surface area contributed by atoms with E-state index in [-0.39, 0.29) is 11.7 Å². The molecule has 5 rings (SSSR count). The molecule has 182 valence electrons. The van der Waals surface area contributed by atoms with E-state index in [9.17, 15) is 9.18 Å². The molecule has 36 heavy (non-hydrogen) atoms. The number of benzene rings is 3. The molecule has 2 heterocycles. The molecule has 6 nitrogen and oxygen atoms in total. The highest BCUT2D eigenvalue weighted by atomic mass is 19.1. The first-order chi connectivity index (χ1) is 17.3. The maximum Gasteiger partial charge on any atom is 0.252 e. The number of amides is 1. The van der Waals surface area contributed by atoms with Gasteiger partial charge in [0.1, 0.15) is 28.7 Å². The van der Waals surface area contributed by atoms with Crippen molar-refractivity contribution in [2.24, 2.45) is 0 Å². The molecule has 1 amide bonds. The molecule has 3 aromatic carbocycles. The Labute approximate surface area is 210 Å². The summed E-state index contributed by atoms with van der Waals surface area (Å²) in [7, 11) is 0. The van der Waals surface area contributed by atoms with Gasteiger partial charge < -0.3 is 15.5 Å². The fourth-order valence-corrected chi connectivity index (χ4v) is 4.24. The number of para-hydroxylation sites is 1. The number of rotatable bonds is 6. The highest BCUT2D eigenvalue weighted by Gasteiger charge is 2.34. The number of aromatic nitrogens is 2. The third kappa shape index (κ3) is 4.73. The topological polar surface area (TPSA) is 62.2 Å². The van der Waals surface area contributed by atoms with Gasteiger partial charge in [0.05, 0.1) is 6.54 Å². The van der Waals surface area contributed by atoms with Crippen molar-refractivity contribution >= 4 is 29.3 Å². The average Bonchev–Trinajstić information content (AvgIpc) is 3.23. The van der Waals surface area contributed by atoms with Gasteiger partial charge in [-0.15, -0.1) is 0 Å². The van der Waals surface area contributed by atoms with Gasteiger partial charge in [-0.05, 0) is 69.3 Å². The summed E-state index contributed by atoms with van der Waals surface area (Å²) in [5.74, 6) is 1.08. The summed E-state index contributed by atoms with van der Waals surface area (Å²) in [4.78, 5) is 20.0. The molecule has 7 heteroatoms. The van der Waals surface area contributed by atoms with Crippen molar-refractivity contribution in [1.82, 2.24) is 14.5 Å². The number of anilines is 3. The van der Waals surface area contributed by atoms with E-state index in [1.165, 1.54) is 12.1 Å². The van der Waals surface area contributed by atoms with E-state index in [1.807, 2.05) is 86.1 Å². The van der Waals surface area contributed by atoms with Crippen molar-refractivity contribution in [3.8, 4) is 11.3 Å². The van der Waals surface area contributed by atoms with Gasteiger partial charge in [-0.2, -0.15) is 0 Å². The second-order valence-corrected chi connectivity index (χ2v) is 9.44. The largest absolute Gasteiger partial charge is 0.372 e. The third-order valence-corrected chi connectivity index (χ3v) is 6.15. The molecular weight excluding hydrogens is 453 g/mol. The molecule has 4 aromatic rings. The van der Waals surface area contributed by atoms with Crippen LogP contribution in [0, 0.1) is 12.7 Å². The minimum atomic E-state index is -0.830. The van der Waals surface area contributed by atoms with E-state index in [1.54, 1.807) is 23.2 Å². The smallest absolute Gasteiger partial charge is 0.252 e. The van der Waals surface area contributed by atoms with Crippen molar-refractivity contribution in [1.29, 1.82) is 0 Å². The van der Waals surface area contributed by atoms with Gasteiger partial charge in [0.2, 0.25) is 0 Å². The van der Waals surface area contributed by atoms with Crippen LogP contribution in [0.2, 0.25) is 0 Å². The second kappa shape index (κ2) is 9.34. The van der Waals surface area contributed by atoms with E-state index >= 15 is 0 Å². The van der Waals surface area contributed by atoms with Crippen LogP contribution in [0.5, 0.6) is 0 Å². The highest BCUT2D eigenvalue weighted by molar-refractivity contribution is 5.90. The molecular formula is C29H28FN5O. The first-order valence-corrected chi connectivity index (χ1v) is 11.8. The monoisotopic (exact) mass is 481 g/mol. The first kappa shape index (κ1) is 23.4. The number of aryl methyl sites for hydroxylation is 1. The van der Waals surface area contributed by atoms with Crippen LogP contribution in [-0.2, 0) is 11.3 Å². The van der Waals surface area contributed by atoms with E-state index in [0.717, 1.165) is 28.3 Å². The maximum absolute atomic E-state index is 13.6. The van der Waals surface area contributed by atoms with Crippen LogP contribution in [0.1, 0.15) is 25.2 Å². The van der Waals surface area contributed by atoms with Crippen LogP contribution in [0.25, 0.3) is 17.5 Å². The van der Waals surface area contributed by atoms with Crippen molar-refractivity contribution < 1.29 is 9.18 Å². The Hall–Kier alpha value is -4.39. The molecule has 0 radical (unpaired) electrons. The summed E-state index contributed by atoms with van der Waals surface area (Å²) in [6.07, 6.45) is 3.62. The Morgan fingerprint density at radius 2 is 1.61 bits per heavy atom. The molecule has 0 spiro atoms. The lowest BCUT2D eigenvalue weighted by atomic mass is 10.0. The second-order valence-electron chi connectivity index (χ2n) is 9.44. The molecule has 0 fully saturated rings. The van der Waals surface area contributed by atoms with Crippen molar-refractivity contribution in [3.05, 3.63) is 102 Å². The van der Waals surface area contributed by atoms with E-state index in [0.29, 0.717) is 18.1 Å². The van der Waals surface area contributed by atoms with Crippen LogP contribution in [0.4, 0.5) is 21.6 Å². The third-order valence-electron chi connectivity index (χ3n) is 6.15. The number of halogens is 1. The maximum atomic E-state index is 13.6. The minimum Gasteiger partial charge on any atom is -0.372 e. The predicted molar refractivity (Wildman–Crippen MR) is 142 cm³/mol. The number of nitrogens with one attached hydrogen (secondary N) is 2. The SMILES string of the molecule is Cc1ccc(Nc2c(-c3ccc(F)cc3)nc3n2C=CN(C(=O)C(C)(C)Nc2ccccc2)C3)cc1. The molecule has 0 unspecified atom stereocenters. The average molecular weight is 482 g/mol. The summed E-state index contributed by atoms with van der Waals surface area (Å²) < 4.78 is 15.6. The van der Waals surface area contributed by atoms with Crippen molar-refractivity contribution in [2.75, 3.05) is 10.6 Å². The normalized spacial score (nSPS) is 12.8. The summed E-state index contributed by atoms with van der Waals surface area (Å²) >= 11 is 0. The minimum absolute atomic E-state index is 0.0757. The van der Waals surface area contributed by atoms with Gasteiger partial charge in [0, 0.05) is 29.3 Å². The van der Waals surface area contributed by atoms with Gasteiger partial charge >= 0.3 is 0 Å². The number of hydrogen-bond acceptors (Lipinski definition) is 4. The molecule has 0 aliphatic carbocycles. The summed E-state index contributed by atoms with van der Waals surface area (Å²) in [6, 6.07) is 24.0. The van der Waals surface area contributed by atoms with Gasteiger partial charge in [0.15, 0.2) is 0 Å². The molecule has 0 saturated heterocycles. The van der Waals surface area contributed by atoms with Crippen LogP contribution >= 0.6 is 0 Å². The Kier molecular flexibility index (Phi) is 6.06. The lowest BCUT2D eigenvalue weighted by Crippen LogP contribution is -2.48. The molecule has 1 aliphatic rings. The number of imidazole rings is 1. The van der Waals surface area contributed by atoms with Gasteiger partial charge in [0.25, 0.3) is 5.91 Å².